The highest BCUT2D eigenvalue weighted by molar-refractivity contribution is 5.37. The Kier molecular flexibility index (Phi) is 4.44. The van der Waals surface area contributed by atoms with E-state index in [-0.39, 0.29) is 6.67 Å². The fraction of sp³-hybridized carbons (Fsp3) is 0.500. The number of methoxy groups -OCH3 is 1. The number of aryl methyl sites for hydroxylation is 2. The van der Waals surface area contributed by atoms with Crippen LogP contribution in [0.15, 0.2) is 18.2 Å². The monoisotopic (exact) mass is 196 g/mol. The number of alkyl halides is 1. The molecule has 0 aromatic heterocycles. The van der Waals surface area contributed by atoms with Crippen molar-refractivity contribution in [1.82, 2.24) is 0 Å². The molecule has 0 radical (unpaired) electrons. The van der Waals surface area contributed by atoms with E-state index >= 15 is 0 Å². The Bertz CT molecular complexity index is 284. The maximum Gasteiger partial charge on any atom is 0.122 e. The van der Waals surface area contributed by atoms with Crippen LogP contribution in [-0.2, 0) is 12.8 Å². The predicted octanol–water partition coefficient (Wildman–Crippen LogP) is 3.16. The van der Waals surface area contributed by atoms with Crippen LogP contribution in [-0.4, -0.2) is 13.8 Å². The normalized spacial score (nSPS) is 10.2. The van der Waals surface area contributed by atoms with Crippen LogP contribution in [0.4, 0.5) is 4.39 Å². The molecule has 0 fully saturated rings. The van der Waals surface area contributed by atoms with E-state index in [0.717, 1.165) is 24.2 Å². The minimum Gasteiger partial charge on any atom is -0.496 e. The van der Waals surface area contributed by atoms with Gasteiger partial charge in [0.15, 0.2) is 0 Å². The van der Waals surface area contributed by atoms with Crippen LogP contribution in [0.2, 0.25) is 0 Å². The zero-order valence-electron chi connectivity index (χ0n) is 8.85. The molecule has 0 spiro atoms. The second-order valence-electron chi connectivity index (χ2n) is 3.29. The molecule has 0 N–H and O–H groups in total. The van der Waals surface area contributed by atoms with Crippen molar-refractivity contribution >= 4 is 0 Å². The standard InChI is InChI=1S/C12H17FO/c1-3-10-6-7-12(14-2)11(9-10)5-4-8-13/h6-7,9H,3-5,8H2,1-2H3. The van der Waals surface area contributed by atoms with Crippen LogP contribution in [0, 0.1) is 0 Å². The summed E-state index contributed by atoms with van der Waals surface area (Å²) in [6.45, 7) is 1.85. The first-order chi connectivity index (χ1) is 6.81. The van der Waals surface area contributed by atoms with Crippen molar-refractivity contribution in [2.45, 2.75) is 26.2 Å². The van der Waals surface area contributed by atoms with Gasteiger partial charge in [0.2, 0.25) is 0 Å². The van der Waals surface area contributed by atoms with Crippen LogP contribution in [0.3, 0.4) is 0 Å². The van der Waals surface area contributed by atoms with E-state index in [4.69, 9.17) is 4.74 Å². The number of benzene rings is 1. The minimum atomic E-state index is -0.264. The molecule has 0 heterocycles. The molecule has 0 aliphatic carbocycles. The van der Waals surface area contributed by atoms with E-state index in [0.29, 0.717) is 6.42 Å². The van der Waals surface area contributed by atoms with Crippen molar-refractivity contribution in [3.63, 3.8) is 0 Å². The number of halogens is 1. The Morgan fingerprint density at radius 2 is 2.14 bits per heavy atom. The number of ether oxygens (including phenoxy) is 1. The van der Waals surface area contributed by atoms with Gasteiger partial charge in [-0.3, -0.25) is 4.39 Å². The van der Waals surface area contributed by atoms with Gasteiger partial charge < -0.3 is 4.74 Å². The molecule has 14 heavy (non-hydrogen) atoms. The molecule has 2 heteroatoms. The summed E-state index contributed by atoms with van der Waals surface area (Å²) in [5, 5.41) is 0. The zero-order chi connectivity index (χ0) is 10.4. The van der Waals surface area contributed by atoms with Crippen molar-refractivity contribution < 1.29 is 9.13 Å². The van der Waals surface area contributed by atoms with Crippen molar-refractivity contribution in [2.24, 2.45) is 0 Å². The summed E-state index contributed by atoms with van der Waals surface area (Å²) >= 11 is 0. The van der Waals surface area contributed by atoms with Crippen LogP contribution < -0.4 is 4.74 Å². The van der Waals surface area contributed by atoms with E-state index in [1.54, 1.807) is 7.11 Å². The summed E-state index contributed by atoms with van der Waals surface area (Å²) in [6, 6.07) is 6.12. The Balaban J connectivity index is 2.84. The lowest BCUT2D eigenvalue weighted by molar-refractivity contribution is 0.406. The summed E-state index contributed by atoms with van der Waals surface area (Å²) < 4.78 is 17.3. The predicted molar refractivity (Wildman–Crippen MR) is 56.7 cm³/mol. The Labute approximate surface area is 84.9 Å². The van der Waals surface area contributed by atoms with E-state index in [9.17, 15) is 4.39 Å². The van der Waals surface area contributed by atoms with E-state index in [2.05, 4.69) is 19.1 Å². The molecule has 1 aromatic carbocycles. The largest absolute Gasteiger partial charge is 0.496 e. The quantitative estimate of drug-likeness (QED) is 0.703. The molecular formula is C12H17FO. The van der Waals surface area contributed by atoms with Gasteiger partial charge in [0.25, 0.3) is 0 Å². The van der Waals surface area contributed by atoms with Gasteiger partial charge >= 0.3 is 0 Å². The average molecular weight is 196 g/mol. The van der Waals surface area contributed by atoms with Gasteiger partial charge in [-0.15, -0.1) is 0 Å². The molecule has 0 aliphatic heterocycles. The van der Waals surface area contributed by atoms with Gasteiger partial charge in [-0.1, -0.05) is 19.1 Å². The van der Waals surface area contributed by atoms with E-state index in [1.807, 2.05) is 6.07 Å². The maximum atomic E-state index is 12.1. The SMILES string of the molecule is CCc1ccc(OC)c(CCCF)c1. The molecular weight excluding hydrogens is 179 g/mol. The highest BCUT2D eigenvalue weighted by Crippen LogP contribution is 2.21. The molecule has 0 saturated heterocycles. The molecule has 0 saturated carbocycles. The molecule has 0 amide bonds. The maximum absolute atomic E-state index is 12.1. The summed E-state index contributed by atoms with van der Waals surface area (Å²) in [6.07, 6.45) is 2.34. The first kappa shape index (κ1) is 11.0. The summed E-state index contributed by atoms with van der Waals surface area (Å²) in [7, 11) is 1.65. The third kappa shape index (κ3) is 2.72. The lowest BCUT2D eigenvalue weighted by atomic mass is 10.0. The summed E-state index contributed by atoms with van der Waals surface area (Å²) in [5.74, 6) is 0.871. The fourth-order valence-electron chi connectivity index (χ4n) is 1.50. The van der Waals surface area contributed by atoms with Crippen LogP contribution in [0.1, 0.15) is 24.5 Å². The van der Waals surface area contributed by atoms with Gasteiger partial charge in [-0.25, -0.2) is 0 Å². The molecule has 78 valence electrons. The molecule has 0 unspecified atom stereocenters. The zero-order valence-corrected chi connectivity index (χ0v) is 8.85. The number of hydrogen-bond donors (Lipinski definition) is 0. The molecule has 1 aromatic rings. The molecule has 0 aliphatic rings. The Morgan fingerprint density at radius 1 is 1.36 bits per heavy atom. The van der Waals surface area contributed by atoms with Crippen LogP contribution in [0.5, 0.6) is 5.75 Å². The second kappa shape index (κ2) is 5.63. The van der Waals surface area contributed by atoms with Gasteiger partial charge in [0.1, 0.15) is 5.75 Å². The van der Waals surface area contributed by atoms with E-state index < -0.39 is 0 Å². The van der Waals surface area contributed by atoms with Crippen LogP contribution >= 0.6 is 0 Å². The van der Waals surface area contributed by atoms with Gasteiger partial charge in [-0.2, -0.15) is 0 Å². The Morgan fingerprint density at radius 3 is 2.71 bits per heavy atom. The Hall–Kier alpha value is -1.05. The highest BCUT2D eigenvalue weighted by Gasteiger charge is 2.03. The second-order valence-corrected chi connectivity index (χ2v) is 3.29. The molecule has 0 bridgehead atoms. The van der Waals surface area contributed by atoms with Crippen LogP contribution in [0.25, 0.3) is 0 Å². The third-order valence-corrected chi connectivity index (χ3v) is 2.33. The smallest absolute Gasteiger partial charge is 0.122 e. The van der Waals surface area contributed by atoms with Crippen molar-refractivity contribution in [3.05, 3.63) is 29.3 Å². The van der Waals surface area contributed by atoms with Gasteiger partial charge in [0, 0.05) is 0 Å². The molecule has 1 nitrogen and oxygen atoms in total. The summed E-state index contributed by atoms with van der Waals surface area (Å²) in [4.78, 5) is 0. The van der Waals surface area contributed by atoms with Gasteiger partial charge in [-0.05, 0) is 36.5 Å². The molecule has 1 rings (SSSR count). The topological polar surface area (TPSA) is 9.23 Å². The highest BCUT2D eigenvalue weighted by atomic mass is 19.1. The fourth-order valence-corrected chi connectivity index (χ4v) is 1.50. The van der Waals surface area contributed by atoms with E-state index in [1.165, 1.54) is 5.56 Å². The molecule has 0 atom stereocenters. The number of rotatable bonds is 5. The summed E-state index contributed by atoms with van der Waals surface area (Å²) in [5.41, 5.74) is 2.39. The van der Waals surface area contributed by atoms with Gasteiger partial charge in [0.05, 0.1) is 13.8 Å². The lowest BCUT2D eigenvalue weighted by Gasteiger charge is -2.09. The average Bonchev–Trinajstić information content (AvgIpc) is 2.25. The third-order valence-electron chi connectivity index (χ3n) is 2.33. The minimum absolute atomic E-state index is 0.264. The number of hydrogen-bond acceptors (Lipinski definition) is 1. The van der Waals surface area contributed by atoms with Crippen molar-refractivity contribution in [2.75, 3.05) is 13.8 Å². The van der Waals surface area contributed by atoms with Crippen molar-refractivity contribution in [1.29, 1.82) is 0 Å². The van der Waals surface area contributed by atoms with Crippen molar-refractivity contribution in [3.8, 4) is 5.75 Å². The first-order valence-corrected chi connectivity index (χ1v) is 5.03. The lowest BCUT2D eigenvalue weighted by Crippen LogP contribution is -1.95. The first-order valence-electron chi connectivity index (χ1n) is 5.03.